The van der Waals surface area contributed by atoms with Crippen LogP contribution in [0, 0.1) is 5.92 Å². The van der Waals surface area contributed by atoms with Gasteiger partial charge < -0.3 is 9.47 Å². The van der Waals surface area contributed by atoms with Crippen molar-refractivity contribution >= 4 is 0 Å². The van der Waals surface area contributed by atoms with Crippen molar-refractivity contribution in [3.8, 4) is 5.88 Å². The van der Waals surface area contributed by atoms with E-state index in [0.29, 0.717) is 17.8 Å². The molecular weight excluding hydrogens is 268 g/mol. The molecule has 0 bridgehead atoms. The summed E-state index contributed by atoms with van der Waals surface area (Å²) in [6.45, 7) is 9.24. The maximum atomic E-state index is 5.46. The van der Waals surface area contributed by atoms with E-state index in [2.05, 4.69) is 26.7 Å². The largest absolute Gasteiger partial charge is 0.480 e. The molecule has 116 valence electrons. The predicted molar refractivity (Wildman–Crippen MR) is 79.2 cm³/mol. The normalized spacial score (nSPS) is 27.9. The molecule has 3 rings (SSSR count). The van der Waals surface area contributed by atoms with E-state index in [-0.39, 0.29) is 0 Å². The summed E-state index contributed by atoms with van der Waals surface area (Å²) in [5, 5.41) is 0. The summed E-state index contributed by atoms with van der Waals surface area (Å²) in [4.78, 5) is 13.7. The van der Waals surface area contributed by atoms with Gasteiger partial charge in [0.25, 0.3) is 0 Å². The van der Waals surface area contributed by atoms with Gasteiger partial charge in [0.05, 0.1) is 32.2 Å². The zero-order valence-corrected chi connectivity index (χ0v) is 12.9. The highest BCUT2D eigenvalue weighted by Gasteiger charge is 2.34. The lowest BCUT2D eigenvalue weighted by Gasteiger charge is -2.34. The van der Waals surface area contributed by atoms with Gasteiger partial charge in [-0.3, -0.25) is 14.8 Å². The van der Waals surface area contributed by atoms with Crippen LogP contribution in [0.3, 0.4) is 0 Å². The van der Waals surface area contributed by atoms with Crippen LogP contribution in [0.1, 0.15) is 12.6 Å². The van der Waals surface area contributed by atoms with Crippen LogP contribution in [0.4, 0.5) is 0 Å². The van der Waals surface area contributed by atoms with E-state index in [9.17, 15) is 0 Å². The molecule has 6 nitrogen and oxygen atoms in total. The minimum atomic E-state index is 0.587. The van der Waals surface area contributed by atoms with Crippen molar-refractivity contribution in [1.82, 2.24) is 19.8 Å². The van der Waals surface area contributed by atoms with Crippen LogP contribution in [0.15, 0.2) is 12.4 Å². The van der Waals surface area contributed by atoms with E-state index in [1.165, 1.54) is 0 Å². The third-order valence-corrected chi connectivity index (χ3v) is 4.42. The average Bonchev–Trinajstić information content (AvgIpc) is 2.89. The first kappa shape index (κ1) is 14.7. The molecule has 1 aromatic rings. The molecule has 2 unspecified atom stereocenters. The topological polar surface area (TPSA) is 50.7 Å². The smallest absolute Gasteiger partial charge is 0.232 e. The molecular formula is C15H24N4O2. The molecule has 0 amide bonds. The zero-order valence-electron chi connectivity index (χ0n) is 12.9. The Balaban J connectivity index is 1.59. The highest BCUT2D eigenvalue weighted by atomic mass is 16.5. The molecule has 0 N–H and O–H groups in total. The first-order valence-corrected chi connectivity index (χ1v) is 7.65. The van der Waals surface area contributed by atoms with Crippen LogP contribution < -0.4 is 4.74 Å². The quantitative estimate of drug-likeness (QED) is 0.812. The van der Waals surface area contributed by atoms with Crippen molar-refractivity contribution in [1.29, 1.82) is 0 Å². The Kier molecular flexibility index (Phi) is 4.67. The Morgan fingerprint density at radius 3 is 2.86 bits per heavy atom. The van der Waals surface area contributed by atoms with Gasteiger partial charge in [-0.25, -0.2) is 4.98 Å². The van der Waals surface area contributed by atoms with Gasteiger partial charge in [-0.1, -0.05) is 6.92 Å². The SMILES string of the molecule is COc1cncc(CN2CC(C)C(N3CCOCC3)C2)n1. The Bertz CT molecular complexity index is 465. The first-order valence-electron chi connectivity index (χ1n) is 7.65. The molecule has 2 atom stereocenters. The standard InChI is InChI=1S/C15H24N4O2/c1-12-9-18(10-13-7-16-8-15(17-13)20-2)11-14(12)19-3-5-21-6-4-19/h7-8,12,14H,3-6,9-11H2,1-2H3. The molecule has 6 heteroatoms. The van der Waals surface area contributed by atoms with E-state index in [0.717, 1.165) is 51.6 Å². The number of hydrogen-bond donors (Lipinski definition) is 0. The highest BCUT2D eigenvalue weighted by molar-refractivity contribution is 5.08. The number of likely N-dealkylation sites (tertiary alicyclic amines) is 1. The van der Waals surface area contributed by atoms with Crippen LogP contribution in [-0.2, 0) is 11.3 Å². The van der Waals surface area contributed by atoms with Crippen molar-refractivity contribution < 1.29 is 9.47 Å². The van der Waals surface area contributed by atoms with Crippen LogP contribution in [0.2, 0.25) is 0 Å². The lowest BCUT2D eigenvalue weighted by molar-refractivity contribution is 0.0117. The third-order valence-electron chi connectivity index (χ3n) is 4.42. The molecule has 0 saturated carbocycles. The molecule has 2 saturated heterocycles. The highest BCUT2D eigenvalue weighted by Crippen LogP contribution is 2.24. The summed E-state index contributed by atoms with van der Waals surface area (Å²) >= 11 is 0. The molecule has 1 aromatic heterocycles. The van der Waals surface area contributed by atoms with Gasteiger partial charge in [-0.05, 0) is 5.92 Å². The van der Waals surface area contributed by atoms with Crippen LogP contribution >= 0.6 is 0 Å². The van der Waals surface area contributed by atoms with Gasteiger partial charge in [-0.2, -0.15) is 0 Å². The minimum Gasteiger partial charge on any atom is -0.480 e. The lowest BCUT2D eigenvalue weighted by atomic mass is 10.0. The van der Waals surface area contributed by atoms with Crippen molar-refractivity contribution in [2.75, 3.05) is 46.5 Å². The summed E-state index contributed by atoms with van der Waals surface area (Å²) < 4.78 is 10.6. The van der Waals surface area contributed by atoms with E-state index < -0.39 is 0 Å². The van der Waals surface area contributed by atoms with Crippen molar-refractivity contribution in [3.63, 3.8) is 0 Å². The number of rotatable bonds is 4. The number of aromatic nitrogens is 2. The fraction of sp³-hybridized carbons (Fsp3) is 0.733. The Labute approximate surface area is 126 Å². The number of ether oxygens (including phenoxy) is 2. The van der Waals surface area contributed by atoms with E-state index >= 15 is 0 Å². The fourth-order valence-corrected chi connectivity index (χ4v) is 3.35. The predicted octanol–water partition coefficient (Wildman–Crippen LogP) is 0.638. The Hall–Kier alpha value is -1.24. The van der Waals surface area contributed by atoms with Crippen molar-refractivity contribution in [3.05, 3.63) is 18.1 Å². The lowest BCUT2D eigenvalue weighted by Crippen LogP contribution is -2.46. The molecule has 2 aliphatic heterocycles. The van der Waals surface area contributed by atoms with Gasteiger partial charge in [0, 0.05) is 45.0 Å². The second-order valence-electron chi connectivity index (χ2n) is 5.94. The maximum Gasteiger partial charge on any atom is 0.232 e. The van der Waals surface area contributed by atoms with Crippen molar-refractivity contribution in [2.45, 2.75) is 19.5 Å². The molecule has 0 aliphatic carbocycles. The zero-order chi connectivity index (χ0) is 14.7. The molecule has 2 aliphatic rings. The second-order valence-corrected chi connectivity index (χ2v) is 5.94. The Morgan fingerprint density at radius 1 is 1.29 bits per heavy atom. The maximum absolute atomic E-state index is 5.46. The van der Waals surface area contributed by atoms with Crippen molar-refractivity contribution in [2.24, 2.45) is 5.92 Å². The Morgan fingerprint density at radius 2 is 2.10 bits per heavy atom. The number of methoxy groups -OCH3 is 1. The van der Waals surface area contributed by atoms with E-state index in [1.807, 2.05) is 6.20 Å². The number of nitrogens with zero attached hydrogens (tertiary/aromatic N) is 4. The van der Waals surface area contributed by atoms with Gasteiger partial charge in [0.1, 0.15) is 0 Å². The molecule has 0 radical (unpaired) electrons. The number of hydrogen-bond acceptors (Lipinski definition) is 6. The average molecular weight is 292 g/mol. The molecule has 21 heavy (non-hydrogen) atoms. The first-order chi connectivity index (χ1) is 10.3. The monoisotopic (exact) mass is 292 g/mol. The molecule has 3 heterocycles. The van der Waals surface area contributed by atoms with Crippen LogP contribution in [-0.4, -0.2) is 72.3 Å². The van der Waals surface area contributed by atoms with Crippen LogP contribution in [0.25, 0.3) is 0 Å². The summed E-state index contributed by atoms with van der Waals surface area (Å²) in [6.07, 6.45) is 3.47. The minimum absolute atomic E-state index is 0.587. The third kappa shape index (κ3) is 3.51. The van der Waals surface area contributed by atoms with Gasteiger partial charge >= 0.3 is 0 Å². The molecule has 2 fully saturated rings. The van der Waals surface area contributed by atoms with E-state index in [1.54, 1.807) is 13.3 Å². The van der Waals surface area contributed by atoms with E-state index in [4.69, 9.17) is 9.47 Å². The number of morpholine rings is 1. The molecule has 0 spiro atoms. The van der Waals surface area contributed by atoms with Gasteiger partial charge in [0.2, 0.25) is 5.88 Å². The fourth-order valence-electron chi connectivity index (χ4n) is 3.35. The molecule has 0 aromatic carbocycles. The summed E-state index contributed by atoms with van der Waals surface area (Å²) in [5.41, 5.74) is 0.976. The van der Waals surface area contributed by atoms with Crippen LogP contribution in [0.5, 0.6) is 5.88 Å². The van der Waals surface area contributed by atoms with Gasteiger partial charge in [0.15, 0.2) is 0 Å². The summed E-state index contributed by atoms with van der Waals surface area (Å²) in [7, 11) is 1.63. The second kappa shape index (κ2) is 6.68. The van der Waals surface area contributed by atoms with Gasteiger partial charge in [-0.15, -0.1) is 0 Å². The summed E-state index contributed by atoms with van der Waals surface area (Å²) in [5.74, 6) is 1.27. The summed E-state index contributed by atoms with van der Waals surface area (Å²) in [6, 6.07) is 0.632.